The van der Waals surface area contributed by atoms with Gasteiger partial charge >= 0.3 is 0 Å². The van der Waals surface area contributed by atoms with Gasteiger partial charge in [0.05, 0.1) is 31.3 Å². The lowest BCUT2D eigenvalue weighted by Crippen LogP contribution is -2.13. The number of nitrogens with one attached hydrogen (secondary N) is 2. The van der Waals surface area contributed by atoms with E-state index in [-0.39, 0.29) is 5.91 Å². The number of rotatable bonds is 6. The molecule has 3 heterocycles. The molecule has 2 N–H and O–H groups in total. The fraction of sp³-hybridized carbons (Fsp3) is 0.240. The van der Waals surface area contributed by atoms with Crippen molar-refractivity contribution in [2.45, 2.75) is 25.8 Å². The molecule has 4 aromatic rings. The van der Waals surface area contributed by atoms with Gasteiger partial charge in [0.25, 0.3) is 5.91 Å². The van der Waals surface area contributed by atoms with E-state index >= 15 is 0 Å². The number of nitrogens with zero attached hydrogens (tertiary/aromatic N) is 3. The molecular formula is C25H25N5O3. The molecule has 5 rings (SSSR count). The minimum absolute atomic E-state index is 0.285. The molecule has 0 radical (unpaired) electrons. The predicted molar refractivity (Wildman–Crippen MR) is 126 cm³/mol. The van der Waals surface area contributed by atoms with E-state index in [1.165, 1.54) is 6.42 Å². The molecule has 0 aliphatic carbocycles. The first kappa shape index (κ1) is 20.8. The largest absolute Gasteiger partial charge is 0.497 e. The van der Waals surface area contributed by atoms with E-state index in [0.717, 1.165) is 42.0 Å². The number of amides is 1. The van der Waals surface area contributed by atoms with Crippen molar-refractivity contribution in [3.63, 3.8) is 0 Å². The number of methoxy groups -OCH3 is 2. The lowest BCUT2D eigenvalue weighted by Gasteiger charge is -2.11. The molecule has 8 heteroatoms. The van der Waals surface area contributed by atoms with Crippen LogP contribution in [0.1, 0.15) is 29.2 Å². The van der Waals surface area contributed by atoms with Crippen LogP contribution in [0.2, 0.25) is 0 Å². The summed E-state index contributed by atoms with van der Waals surface area (Å²) in [5.41, 5.74) is 4.13. The lowest BCUT2D eigenvalue weighted by molar-refractivity contribution is 0.102. The van der Waals surface area contributed by atoms with Crippen LogP contribution in [0.15, 0.2) is 54.7 Å². The van der Waals surface area contributed by atoms with Gasteiger partial charge in [0.2, 0.25) is 0 Å². The lowest BCUT2D eigenvalue weighted by atomic mass is 10.1. The Morgan fingerprint density at radius 3 is 2.73 bits per heavy atom. The highest BCUT2D eigenvalue weighted by atomic mass is 16.5. The first-order valence-corrected chi connectivity index (χ1v) is 10.9. The molecule has 33 heavy (non-hydrogen) atoms. The SMILES string of the molecule is COc1ccc(OC)c(-c2cc(C(=O)Nc3ccccc3-c3cn4c(n3)CCCC4)[nH]n2)c1. The van der Waals surface area contributed by atoms with Crippen LogP contribution in [-0.2, 0) is 13.0 Å². The van der Waals surface area contributed by atoms with Crippen molar-refractivity contribution in [3.05, 3.63) is 66.2 Å². The zero-order valence-corrected chi connectivity index (χ0v) is 18.6. The molecule has 8 nitrogen and oxygen atoms in total. The topological polar surface area (TPSA) is 94.1 Å². The van der Waals surface area contributed by atoms with E-state index in [1.54, 1.807) is 20.3 Å². The van der Waals surface area contributed by atoms with E-state index in [2.05, 4.69) is 26.3 Å². The molecule has 0 saturated heterocycles. The summed E-state index contributed by atoms with van der Waals surface area (Å²) in [5.74, 6) is 2.13. The van der Waals surface area contributed by atoms with Crippen LogP contribution < -0.4 is 14.8 Å². The van der Waals surface area contributed by atoms with Gasteiger partial charge < -0.3 is 19.4 Å². The van der Waals surface area contributed by atoms with Gasteiger partial charge in [0.1, 0.15) is 23.0 Å². The van der Waals surface area contributed by atoms with Gasteiger partial charge in [-0.05, 0) is 43.2 Å². The van der Waals surface area contributed by atoms with E-state index in [1.807, 2.05) is 42.5 Å². The summed E-state index contributed by atoms with van der Waals surface area (Å²) in [6.45, 7) is 0.988. The Balaban J connectivity index is 1.41. The first-order chi connectivity index (χ1) is 16.2. The van der Waals surface area contributed by atoms with Gasteiger partial charge in [0, 0.05) is 30.3 Å². The Hall–Kier alpha value is -4.07. The zero-order valence-electron chi connectivity index (χ0n) is 18.6. The van der Waals surface area contributed by atoms with Gasteiger partial charge in [-0.15, -0.1) is 0 Å². The number of aromatic amines is 1. The average Bonchev–Trinajstić information content (AvgIpc) is 3.51. The number of carbonyl (C=O) groups excluding carboxylic acids is 1. The number of H-pyrrole nitrogens is 1. The van der Waals surface area contributed by atoms with Gasteiger partial charge in [-0.1, -0.05) is 18.2 Å². The van der Waals surface area contributed by atoms with Crippen LogP contribution in [0.5, 0.6) is 11.5 Å². The van der Waals surface area contributed by atoms with Gasteiger partial charge in [0.15, 0.2) is 0 Å². The number of carbonyl (C=O) groups is 1. The molecule has 0 atom stereocenters. The fourth-order valence-corrected chi connectivity index (χ4v) is 4.14. The Morgan fingerprint density at radius 1 is 1.03 bits per heavy atom. The predicted octanol–water partition coefficient (Wildman–Crippen LogP) is 4.55. The third kappa shape index (κ3) is 4.07. The Morgan fingerprint density at radius 2 is 1.91 bits per heavy atom. The Kier molecular flexibility index (Phi) is 5.56. The molecule has 1 aliphatic rings. The van der Waals surface area contributed by atoms with Gasteiger partial charge in [-0.2, -0.15) is 5.10 Å². The maximum atomic E-state index is 13.1. The fourth-order valence-electron chi connectivity index (χ4n) is 4.14. The molecule has 0 spiro atoms. The Bertz CT molecular complexity index is 1280. The number of anilines is 1. The standard InChI is InChI=1S/C25H25N5O3/c1-32-16-10-11-23(33-2)18(13-16)20-14-21(29-28-20)25(31)27-19-8-4-3-7-17(19)22-15-30-12-6-5-9-24(30)26-22/h3-4,7-8,10-11,13-15H,5-6,9,12H2,1-2H3,(H,27,31)(H,28,29). The number of aromatic nitrogens is 4. The summed E-state index contributed by atoms with van der Waals surface area (Å²) >= 11 is 0. The van der Waals surface area contributed by atoms with Crippen molar-refractivity contribution in [2.75, 3.05) is 19.5 Å². The zero-order chi connectivity index (χ0) is 22.8. The third-order valence-electron chi connectivity index (χ3n) is 5.86. The molecule has 168 valence electrons. The highest BCUT2D eigenvalue weighted by Crippen LogP contribution is 2.33. The number of imidazole rings is 1. The van der Waals surface area contributed by atoms with Crippen LogP contribution in [0.3, 0.4) is 0 Å². The monoisotopic (exact) mass is 443 g/mol. The quantitative estimate of drug-likeness (QED) is 0.456. The van der Waals surface area contributed by atoms with Crippen molar-refractivity contribution in [1.82, 2.24) is 19.7 Å². The molecule has 0 saturated carbocycles. The number of fused-ring (bicyclic) bond motifs is 1. The summed E-state index contributed by atoms with van der Waals surface area (Å²) in [5, 5.41) is 10.2. The van der Waals surface area contributed by atoms with Crippen molar-refractivity contribution < 1.29 is 14.3 Å². The maximum absolute atomic E-state index is 13.1. The second kappa shape index (κ2) is 8.82. The molecule has 1 amide bonds. The summed E-state index contributed by atoms with van der Waals surface area (Å²) in [6, 6.07) is 14.9. The highest BCUT2D eigenvalue weighted by molar-refractivity contribution is 6.05. The van der Waals surface area contributed by atoms with Crippen LogP contribution in [0.4, 0.5) is 5.69 Å². The molecule has 2 aromatic carbocycles. The first-order valence-electron chi connectivity index (χ1n) is 10.9. The molecule has 0 unspecified atom stereocenters. The number of hydrogen-bond acceptors (Lipinski definition) is 5. The molecule has 0 fully saturated rings. The molecule has 2 aromatic heterocycles. The van der Waals surface area contributed by atoms with Crippen LogP contribution >= 0.6 is 0 Å². The van der Waals surface area contributed by atoms with Crippen molar-refractivity contribution in [1.29, 1.82) is 0 Å². The smallest absolute Gasteiger partial charge is 0.273 e. The minimum atomic E-state index is -0.285. The average molecular weight is 444 g/mol. The number of para-hydroxylation sites is 1. The van der Waals surface area contributed by atoms with Crippen LogP contribution in [0.25, 0.3) is 22.5 Å². The van der Waals surface area contributed by atoms with E-state index in [9.17, 15) is 4.79 Å². The van der Waals surface area contributed by atoms with E-state index in [0.29, 0.717) is 28.6 Å². The summed E-state index contributed by atoms with van der Waals surface area (Å²) in [4.78, 5) is 17.9. The summed E-state index contributed by atoms with van der Waals surface area (Å²) in [6.07, 6.45) is 5.39. The van der Waals surface area contributed by atoms with E-state index in [4.69, 9.17) is 14.5 Å². The van der Waals surface area contributed by atoms with Crippen LogP contribution in [-0.4, -0.2) is 39.9 Å². The normalized spacial score (nSPS) is 12.8. The second-order valence-electron chi connectivity index (χ2n) is 7.93. The third-order valence-corrected chi connectivity index (χ3v) is 5.86. The molecule has 1 aliphatic heterocycles. The number of aryl methyl sites for hydroxylation is 2. The Labute approximate surface area is 191 Å². The molecule has 0 bridgehead atoms. The molecular weight excluding hydrogens is 418 g/mol. The maximum Gasteiger partial charge on any atom is 0.273 e. The summed E-state index contributed by atoms with van der Waals surface area (Å²) in [7, 11) is 3.19. The van der Waals surface area contributed by atoms with Crippen molar-refractivity contribution in [2.24, 2.45) is 0 Å². The number of ether oxygens (including phenoxy) is 2. The number of hydrogen-bond donors (Lipinski definition) is 2. The van der Waals surface area contributed by atoms with Crippen molar-refractivity contribution in [3.8, 4) is 34.0 Å². The van der Waals surface area contributed by atoms with Crippen molar-refractivity contribution >= 4 is 11.6 Å². The van der Waals surface area contributed by atoms with E-state index < -0.39 is 0 Å². The van der Waals surface area contributed by atoms with Gasteiger partial charge in [-0.3, -0.25) is 9.89 Å². The highest BCUT2D eigenvalue weighted by Gasteiger charge is 2.18. The van der Waals surface area contributed by atoms with Gasteiger partial charge in [-0.25, -0.2) is 4.98 Å². The second-order valence-corrected chi connectivity index (χ2v) is 7.93. The van der Waals surface area contributed by atoms with Crippen LogP contribution in [0, 0.1) is 0 Å². The summed E-state index contributed by atoms with van der Waals surface area (Å²) < 4.78 is 13.0. The number of benzene rings is 2. The minimum Gasteiger partial charge on any atom is -0.497 e.